The summed E-state index contributed by atoms with van der Waals surface area (Å²) >= 11 is 0. The summed E-state index contributed by atoms with van der Waals surface area (Å²) in [5.41, 5.74) is 4.68. The third-order valence-corrected chi connectivity index (χ3v) is 8.72. The van der Waals surface area contributed by atoms with Gasteiger partial charge in [-0.25, -0.2) is 19.9 Å². The molecular formula is C46H92B2N8. The lowest BCUT2D eigenvalue weighted by Gasteiger charge is -2.24. The number of anilines is 2. The molecule has 0 bridgehead atoms. The summed E-state index contributed by atoms with van der Waals surface area (Å²) in [6.07, 6.45) is 20.7. The Hall–Kier alpha value is -2.71. The van der Waals surface area contributed by atoms with E-state index in [1.807, 2.05) is 97.2 Å². The van der Waals surface area contributed by atoms with E-state index in [0.717, 1.165) is 60.2 Å². The predicted octanol–water partition coefficient (Wildman–Crippen LogP) is 11.1. The Kier molecular flexibility index (Phi) is 41.9. The zero-order valence-corrected chi connectivity index (χ0v) is 38.4. The minimum atomic E-state index is 0. The van der Waals surface area contributed by atoms with Crippen molar-refractivity contribution < 1.29 is 0 Å². The maximum Gasteiger partial charge on any atom is 0.139 e. The molecule has 56 heavy (non-hydrogen) atoms. The first-order valence-corrected chi connectivity index (χ1v) is 21.8. The lowest BCUT2D eigenvalue weighted by Crippen LogP contribution is -2.29. The van der Waals surface area contributed by atoms with Gasteiger partial charge in [0.25, 0.3) is 0 Å². The number of rotatable bonds is 8. The van der Waals surface area contributed by atoms with Gasteiger partial charge in [-0.2, -0.15) is 0 Å². The fourth-order valence-electron chi connectivity index (χ4n) is 6.13. The minimum Gasteiger partial charge on any atom is -0.362 e. The fraction of sp³-hybridized carbons (Fsp3) is 0.739. The summed E-state index contributed by atoms with van der Waals surface area (Å²) in [5, 5.41) is 0. The summed E-state index contributed by atoms with van der Waals surface area (Å²) in [4.78, 5) is 27.4. The minimum absolute atomic E-state index is 0. The highest BCUT2D eigenvalue weighted by Gasteiger charge is 2.17. The van der Waals surface area contributed by atoms with E-state index >= 15 is 0 Å². The third kappa shape index (κ3) is 22.9. The van der Waals surface area contributed by atoms with Gasteiger partial charge in [0.05, 0.1) is 11.4 Å². The van der Waals surface area contributed by atoms with Crippen LogP contribution in [0, 0.1) is 0 Å². The summed E-state index contributed by atoms with van der Waals surface area (Å²) in [6.45, 7) is 32.4. The molecule has 2 aromatic heterocycles. The van der Waals surface area contributed by atoms with E-state index < -0.39 is 0 Å². The highest BCUT2D eigenvalue weighted by molar-refractivity contribution is 6.33. The number of hydrogen-bond acceptors (Lipinski definition) is 8. The molecule has 8 nitrogen and oxygen atoms in total. The molecule has 2 fully saturated rings. The van der Waals surface area contributed by atoms with Gasteiger partial charge in [0.1, 0.15) is 37.8 Å². The molecule has 2 aliphatic heterocycles. The molecule has 0 unspecified atom stereocenters. The van der Waals surface area contributed by atoms with Crippen LogP contribution in [0.5, 0.6) is 0 Å². The average molecular weight is 779 g/mol. The van der Waals surface area contributed by atoms with Crippen LogP contribution in [-0.2, 0) is 25.5 Å². The molecule has 0 spiro atoms. The normalized spacial score (nSPS) is 14.0. The molecule has 0 atom stereocenters. The maximum atomic E-state index is 4.58. The monoisotopic (exact) mass is 779 g/mol. The summed E-state index contributed by atoms with van der Waals surface area (Å²) in [5.74, 6) is 3.92. The number of fused-ring (bicyclic) bond motifs is 2. The van der Waals surface area contributed by atoms with Crippen LogP contribution in [0.25, 0.3) is 12.2 Å². The second-order valence-electron chi connectivity index (χ2n) is 12.9. The summed E-state index contributed by atoms with van der Waals surface area (Å²) in [7, 11) is 12.3. The van der Waals surface area contributed by atoms with E-state index in [1.165, 1.54) is 88.9 Å². The molecule has 0 aromatic carbocycles. The molecule has 0 N–H and O–H groups in total. The van der Waals surface area contributed by atoms with Crippen LogP contribution in [0.3, 0.4) is 0 Å². The van der Waals surface area contributed by atoms with Crippen molar-refractivity contribution in [1.29, 1.82) is 0 Å². The third-order valence-electron chi connectivity index (χ3n) is 8.72. The highest BCUT2D eigenvalue weighted by Crippen LogP contribution is 2.27. The quantitative estimate of drug-likeness (QED) is 0.246. The molecule has 2 radical (unpaired) electrons. The van der Waals surface area contributed by atoms with E-state index in [0.29, 0.717) is 0 Å². The van der Waals surface area contributed by atoms with Crippen molar-refractivity contribution in [2.75, 3.05) is 77.3 Å². The number of aromatic nitrogens is 4. The maximum absolute atomic E-state index is 4.58. The molecular weight excluding hydrogens is 686 g/mol. The van der Waals surface area contributed by atoms with Gasteiger partial charge in [-0.05, 0) is 90.1 Å². The van der Waals surface area contributed by atoms with Crippen LogP contribution in [0.4, 0.5) is 11.6 Å². The molecule has 4 heterocycles. The number of hydrogen-bond donors (Lipinski definition) is 0. The van der Waals surface area contributed by atoms with Crippen LogP contribution >= 0.6 is 0 Å². The van der Waals surface area contributed by atoms with Gasteiger partial charge >= 0.3 is 0 Å². The predicted molar refractivity (Wildman–Crippen MR) is 260 cm³/mol. The molecule has 4 aliphatic rings. The number of piperidine rings is 2. The van der Waals surface area contributed by atoms with Crippen molar-refractivity contribution in [2.24, 2.45) is 0 Å². The van der Waals surface area contributed by atoms with Crippen molar-refractivity contribution in [3.63, 3.8) is 0 Å². The lowest BCUT2D eigenvalue weighted by molar-refractivity contribution is 0.240. The Morgan fingerprint density at radius 2 is 0.964 bits per heavy atom. The summed E-state index contributed by atoms with van der Waals surface area (Å²) in [6, 6.07) is 0. The van der Waals surface area contributed by atoms with Crippen molar-refractivity contribution in [3.05, 3.63) is 46.3 Å². The summed E-state index contributed by atoms with van der Waals surface area (Å²) < 4.78 is 0. The first-order chi connectivity index (χ1) is 26.3. The Morgan fingerprint density at radius 3 is 1.36 bits per heavy atom. The van der Waals surface area contributed by atoms with Crippen LogP contribution in [0.1, 0.15) is 157 Å². The van der Waals surface area contributed by atoms with Gasteiger partial charge in [-0.3, -0.25) is 0 Å². The van der Waals surface area contributed by atoms with Gasteiger partial charge in [0, 0.05) is 45.7 Å². The highest BCUT2D eigenvalue weighted by atomic mass is 15.2. The first-order valence-electron chi connectivity index (χ1n) is 21.8. The van der Waals surface area contributed by atoms with E-state index in [-0.39, 0.29) is 14.9 Å². The molecule has 10 heteroatoms. The van der Waals surface area contributed by atoms with Crippen molar-refractivity contribution in [2.45, 2.75) is 162 Å². The average Bonchev–Trinajstić information content (AvgIpc) is 3.92. The molecule has 2 saturated heterocycles. The molecule has 322 valence electrons. The largest absolute Gasteiger partial charge is 0.362 e. The Labute approximate surface area is 352 Å². The Balaban J connectivity index is -0.000000309. The van der Waals surface area contributed by atoms with Crippen LogP contribution in [0.15, 0.2) is 12.2 Å². The topological polar surface area (TPSA) is 64.5 Å². The molecule has 2 aliphatic carbocycles. The lowest BCUT2D eigenvalue weighted by atomic mass is 9.78. The second-order valence-corrected chi connectivity index (χ2v) is 12.9. The van der Waals surface area contributed by atoms with Gasteiger partial charge in [-0.1, -0.05) is 129 Å². The van der Waals surface area contributed by atoms with Crippen LogP contribution in [-0.4, -0.2) is 112 Å². The Morgan fingerprint density at radius 1 is 0.554 bits per heavy atom. The van der Waals surface area contributed by atoms with E-state index in [4.69, 9.17) is 0 Å². The zero-order valence-electron chi connectivity index (χ0n) is 38.4. The van der Waals surface area contributed by atoms with Crippen molar-refractivity contribution >= 4 is 38.3 Å². The zero-order chi connectivity index (χ0) is 41.3. The van der Waals surface area contributed by atoms with Crippen molar-refractivity contribution in [3.8, 4) is 0 Å². The van der Waals surface area contributed by atoms with Gasteiger partial charge in [-0.15, -0.1) is 0 Å². The molecule has 0 saturated carbocycles. The standard InChI is InChI=1S/2C11H15BN3.2C7H15N.4C2H6.2CH4/c2*1-12-7-10-13-9-6-4-5-8(9)11(14-10)15(2)3;2*1-2-8-6-4-3-5-7-8;4*1-2;;/h4,6H,5,7H2,1-3H3;4-5H,6-7H2,1-3H3;2*2-7H2,1H3;4*1-2H3;2*1H4. The smallest absolute Gasteiger partial charge is 0.139 e. The molecule has 0 amide bonds. The number of nitrogens with zero attached hydrogens (tertiary/aromatic N) is 8. The van der Waals surface area contributed by atoms with Gasteiger partial charge < -0.3 is 19.6 Å². The number of allylic oxidation sites excluding steroid dienone is 2. The molecule has 2 aromatic rings. The van der Waals surface area contributed by atoms with E-state index in [1.54, 1.807) is 0 Å². The second kappa shape index (κ2) is 39.1. The van der Waals surface area contributed by atoms with Crippen LogP contribution in [0.2, 0.25) is 13.6 Å². The van der Waals surface area contributed by atoms with Gasteiger partial charge in [0.15, 0.2) is 0 Å². The first kappa shape index (κ1) is 60.0. The fourth-order valence-corrected chi connectivity index (χ4v) is 6.13. The van der Waals surface area contributed by atoms with E-state index in [9.17, 15) is 0 Å². The van der Waals surface area contributed by atoms with E-state index in [2.05, 4.69) is 92.2 Å². The number of likely N-dealkylation sites (tertiary alicyclic amines) is 2. The Bertz CT molecular complexity index is 1220. The molecule has 6 rings (SSSR count). The SMILES string of the molecule is C.C.CC.CC.CC.CC.CCN1CCCCC1.CCN1CCCCC1.C[B]Cc1nc2c(c(N(C)C)n1)C=CC2.C[B]Cc1nc2c(c(N(C)C)n1)CC=C2. The van der Waals surface area contributed by atoms with Crippen LogP contribution < -0.4 is 9.80 Å². The van der Waals surface area contributed by atoms with Crippen molar-refractivity contribution in [1.82, 2.24) is 29.7 Å². The van der Waals surface area contributed by atoms with Gasteiger partial charge in [0.2, 0.25) is 0 Å².